The fourth-order valence-electron chi connectivity index (χ4n) is 2.88. The number of carbonyl (C=O) groups is 1. The Morgan fingerprint density at radius 1 is 1.46 bits per heavy atom. The minimum atomic E-state index is -1.12. The van der Waals surface area contributed by atoms with Crippen LogP contribution >= 0.6 is 11.8 Å². The van der Waals surface area contributed by atoms with Crippen LogP contribution in [0.1, 0.15) is 6.42 Å². The van der Waals surface area contributed by atoms with Gasteiger partial charge in [0.25, 0.3) is 0 Å². The van der Waals surface area contributed by atoms with E-state index in [0.717, 1.165) is 0 Å². The Balaban J connectivity index is 1.57. The highest BCUT2D eigenvalue weighted by Crippen LogP contribution is 2.37. The summed E-state index contributed by atoms with van der Waals surface area (Å²) in [6, 6.07) is -0.910. The van der Waals surface area contributed by atoms with Gasteiger partial charge in [-0.05, 0) is 12.2 Å². The van der Waals surface area contributed by atoms with Crippen molar-refractivity contribution in [2.24, 2.45) is 5.73 Å². The average Bonchev–Trinajstić information content (AvgIpc) is 3.15. The molecule has 1 saturated heterocycles. The second kappa shape index (κ2) is 7.80. The topological polar surface area (TPSA) is 180 Å². The quantitative estimate of drug-likeness (QED) is 0.291. The fourth-order valence-corrected chi connectivity index (χ4v) is 3.98. The minimum absolute atomic E-state index is 0.299. The first kappa shape index (κ1) is 18.9. The van der Waals surface area contributed by atoms with E-state index in [1.54, 1.807) is 4.90 Å². The van der Waals surface area contributed by atoms with Crippen molar-refractivity contribution in [1.29, 1.82) is 0 Å². The molecular formula is C14H22N6O5S. The predicted molar refractivity (Wildman–Crippen MR) is 95.6 cm³/mol. The molecule has 1 fully saturated rings. The number of nitrogens with zero attached hydrogens (tertiary/aromatic N) is 3. The number of nitrogens with two attached hydrogens (primary N) is 2. The van der Waals surface area contributed by atoms with Crippen LogP contribution in [0.25, 0.3) is 0 Å². The van der Waals surface area contributed by atoms with Gasteiger partial charge in [-0.2, -0.15) is 11.8 Å². The molecule has 0 aliphatic carbocycles. The lowest BCUT2D eigenvalue weighted by Crippen LogP contribution is -2.44. The number of nitrogens with one attached hydrogen (secondary N) is 1. The number of aliphatic hydroxyl groups excluding tert-OH is 2. The molecule has 1 aromatic rings. The average molecular weight is 386 g/mol. The minimum Gasteiger partial charge on any atom is -0.480 e. The number of hydrogen-bond acceptors (Lipinski definition) is 11. The van der Waals surface area contributed by atoms with Crippen molar-refractivity contribution in [3.63, 3.8) is 0 Å². The summed E-state index contributed by atoms with van der Waals surface area (Å²) in [5.41, 5.74) is 11.8. The van der Waals surface area contributed by atoms with Crippen LogP contribution in [0.15, 0.2) is 6.33 Å². The van der Waals surface area contributed by atoms with Gasteiger partial charge < -0.3 is 41.7 Å². The number of nitrogen functional groups attached to an aromatic ring is 1. The van der Waals surface area contributed by atoms with Crippen molar-refractivity contribution in [3.8, 4) is 0 Å². The Labute approximate surface area is 153 Å². The molecule has 2 aliphatic rings. The number of aromatic nitrogens is 2. The fraction of sp³-hybridized carbons (Fsp3) is 0.643. The summed E-state index contributed by atoms with van der Waals surface area (Å²) < 4.78 is 5.84. The summed E-state index contributed by atoms with van der Waals surface area (Å²) >= 11 is 1.42. The number of hydrogen-bond donors (Lipinski definition) is 6. The van der Waals surface area contributed by atoms with Gasteiger partial charge in [0.1, 0.15) is 30.3 Å². The Kier molecular flexibility index (Phi) is 5.67. The van der Waals surface area contributed by atoms with E-state index in [1.165, 1.54) is 18.1 Å². The zero-order chi connectivity index (χ0) is 18.8. The Morgan fingerprint density at radius 3 is 2.96 bits per heavy atom. The Morgan fingerprint density at radius 2 is 2.23 bits per heavy atom. The van der Waals surface area contributed by atoms with Gasteiger partial charge in [0, 0.05) is 5.75 Å². The number of anilines is 3. The first-order valence-corrected chi connectivity index (χ1v) is 9.24. The van der Waals surface area contributed by atoms with Gasteiger partial charge in [0.15, 0.2) is 17.9 Å². The molecule has 5 atom stereocenters. The number of carboxylic acid groups (broad SMARTS) is 1. The van der Waals surface area contributed by atoms with Crippen molar-refractivity contribution in [2.75, 3.05) is 34.1 Å². The molecule has 3 heterocycles. The van der Waals surface area contributed by atoms with Crippen molar-refractivity contribution < 1.29 is 24.9 Å². The zero-order valence-corrected chi connectivity index (χ0v) is 14.7. The van der Waals surface area contributed by atoms with Gasteiger partial charge in [0.2, 0.25) is 0 Å². The first-order valence-electron chi connectivity index (χ1n) is 8.09. The molecule has 2 aliphatic heterocycles. The summed E-state index contributed by atoms with van der Waals surface area (Å²) in [5.74, 6) is 0.682. The van der Waals surface area contributed by atoms with Crippen molar-refractivity contribution in [2.45, 2.75) is 37.0 Å². The van der Waals surface area contributed by atoms with Gasteiger partial charge in [0.05, 0.1) is 12.8 Å². The molecule has 0 aromatic carbocycles. The van der Waals surface area contributed by atoms with Gasteiger partial charge in [-0.3, -0.25) is 4.79 Å². The molecule has 0 unspecified atom stereocenters. The number of aliphatic carboxylic acids is 1. The van der Waals surface area contributed by atoms with Crippen LogP contribution in [0.3, 0.4) is 0 Å². The first-order chi connectivity index (χ1) is 12.4. The molecule has 144 valence electrons. The van der Waals surface area contributed by atoms with Gasteiger partial charge in [-0.15, -0.1) is 0 Å². The lowest BCUT2D eigenvalue weighted by molar-refractivity contribution is -0.138. The highest BCUT2D eigenvalue weighted by Gasteiger charge is 2.47. The Hall–Kier alpha value is -1.86. The third-order valence-electron chi connectivity index (χ3n) is 4.37. The van der Waals surface area contributed by atoms with E-state index >= 15 is 0 Å². The van der Waals surface area contributed by atoms with Crippen LogP contribution < -0.4 is 21.7 Å². The maximum Gasteiger partial charge on any atom is 0.320 e. The lowest BCUT2D eigenvalue weighted by atomic mass is 10.1. The summed E-state index contributed by atoms with van der Waals surface area (Å²) in [4.78, 5) is 20.5. The van der Waals surface area contributed by atoms with Crippen LogP contribution in [0.5, 0.6) is 0 Å². The molecule has 1 aromatic heterocycles. The van der Waals surface area contributed by atoms with Crippen molar-refractivity contribution in [3.05, 3.63) is 6.33 Å². The second-order valence-electron chi connectivity index (χ2n) is 6.12. The summed E-state index contributed by atoms with van der Waals surface area (Å²) in [5, 5.41) is 32.5. The van der Waals surface area contributed by atoms with Crippen molar-refractivity contribution in [1.82, 2.24) is 9.97 Å². The molecule has 3 rings (SSSR count). The zero-order valence-electron chi connectivity index (χ0n) is 13.9. The summed E-state index contributed by atoms with van der Waals surface area (Å²) in [6.07, 6.45) is -1.92. The molecular weight excluding hydrogens is 364 g/mol. The third-order valence-corrected chi connectivity index (χ3v) is 5.46. The van der Waals surface area contributed by atoms with Crippen LogP contribution in [-0.2, 0) is 9.53 Å². The molecule has 0 radical (unpaired) electrons. The van der Waals surface area contributed by atoms with Crippen molar-refractivity contribution >= 4 is 35.1 Å². The number of ether oxygens (including phenoxy) is 1. The number of rotatable bonds is 7. The van der Waals surface area contributed by atoms with E-state index in [-0.39, 0.29) is 0 Å². The SMILES string of the molecule is Nc1ncnc2c1NCN2[C@@H]1O[C@H](CSCC[C@H](N)C(=O)O)[C@@H](O)[C@H]1O. The molecule has 11 nitrogen and oxygen atoms in total. The largest absolute Gasteiger partial charge is 0.480 e. The molecule has 26 heavy (non-hydrogen) atoms. The van der Waals surface area contributed by atoms with Gasteiger partial charge >= 0.3 is 5.97 Å². The molecule has 0 spiro atoms. The predicted octanol–water partition coefficient (Wildman–Crippen LogP) is -1.77. The van der Waals surface area contributed by atoms with E-state index < -0.39 is 36.6 Å². The van der Waals surface area contributed by atoms with Gasteiger partial charge in [-0.25, -0.2) is 9.97 Å². The molecule has 0 saturated carbocycles. The monoisotopic (exact) mass is 386 g/mol. The van der Waals surface area contributed by atoms with E-state index in [4.69, 9.17) is 21.3 Å². The third kappa shape index (κ3) is 3.64. The van der Waals surface area contributed by atoms with Gasteiger partial charge in [-0.1, -0.05) is 0 Å². The van der Waals surface area contributed by atoms with Crippen LogP contribution in [-0.4, -0.2) is 80.0 Å². The smallest absolute Gasteiger partial charge is 0.320 e. The van der Waals surface area contributed by atoms with Crippen LogP contribution in [0.4, 0.5) is 17.3 Å². The summed E-state index contributed by atoms with van der Waals surface area (Å²) in [6.45, 7) is 0.319. The number of thioether (sulfide) groups is 1. The van der Waals surface area contributed by atoms with E-state index in [0.29, 0.717) is 41.9 Å². The Bertz CT molecular complexity index is 667. The van der Waals surface area contributed by atoms with E-state index in [9.17, 15) is 15.0 Å². The maximum atomic E-state index is 10.7. The maximum absolute atomic E-state index is 10.7. The number of carboxylic acids is 1. The van der Waals surface area contributed by atoms with Crippen LogP contribution in [0, 0.1) is 0 Å². The van der Waals surface area contributed by atoms with E-state index in [2.05, 4.69) is 15.3 Å². The lowest BCUT2D eigenvalue weighted by Gasteiger charge is -2.26. The molecule has 12 heteroatoms. The number of fused-ring (bicyclic) bond motifs is 1. The van der Waals surface area contributed by atoms with E-state index in [1.807, 2.05) is 0 Å². The van der Waals surface area contributed by atoms with Crippen LogP contribution in [0.2, 0.25) is 0 Å². The normalized spacial score (nSPS) is 28.7. The number of aliphatic hydroxyl groups is 2. The highest BCUT2D eigenvalue weighted by atomic mass is 32.2. The molecule has 0 bridgehead atoms. The summed E-state index contributed by atoms with van der Waals surface area (Å²) in [7, 11) is 0. The molecule has 8 N–H and O–H groups in total. The molecule has 0 amide bonds. The second-order valence-corrected chi connectivity index (χ2v) is 7.27. The standard InChI is InChI=1S/C14H22N6O5S/c15-6(14(23)24)1-2-26-3-7-9(21)10(22)13(25-7)20-5-19-8-11(16)17-4-18-12(8)20/h4,6-7,9-10,13,19,21-22H,1-3,5,15H2,(H,23,24)(H2,16,17,18)/t6-,7+,9+,10+,13+/m0/s1. The highest BCUT2D eigenvalue weighted by molar-refractivity contribution is 7.99.